The highest BCUT2D eigenvalue weighted by Crippen LogP contribution is 2.32. The van der Waals surface area contributed by atoms with E-state index in [2.05, 4.69) is 15.9 Å². The highest BCUT2D eigenvalue weighted by molar-refractivity contribution is 9.10. The highest BCUT2D eigenvalue weighted by atomic mass is 79.9. The van der Waals surface area contributed by atoms with Crippen molar-refractivity contribution in [2.45, 2.75) is 31.8 Å². The lowest BCUT2D eigenvalue weighted by Crippen LogP contribution is -2.47. The van der Waals surface area contributed by atoms with Crippen LogP contribution in [-0.2, 0) is 20.8 Å². The summed E-state index contributed by atoms with van der Waals surface area (Å²) >= 11 is 9.35. The lowest BCUT2D eigenvalue weighted by molar-refractivity contribution is -0.140. The molecule has 3 aromatic carbocycles. The summed E-state index contributed by atoms with van der Waals surface area (Å²) in [5.41, 5.74) is 2.17. The van der Waals surface area contributed by atoms with Crippen molar-refractivity contribution < 1.29 is 14.4 Å². The van der Waals surface area contributed by atoms with Gasteiger partial charge in [0.05, 0.1) is 24.6 Å². The van der Waals surface area contributed by atoms with Crippen LogP contribution in [0.2, 0.25) is 5.02 Å². The summed E-state index contributed by atoms with van der Waals surface area (Å²) in [6, 6.07) is 22.3. The Kier molecular flexibility index (Phi) is 6.96. The molecule has 1 aliphatic rings. The number of halogens is 2. The smallest absolute Gasteiger partial charge is 0.257 e. The van der Waals surface area contributed by atoms with Crippen LogP contribution in [0.3, 0.4) is 0 Å². The second kappa shape index (κ2) is 9.89. The molecule has 0 bridgehead atoms. The summed E-state index contributed by atoms with van der Waals surface area (Å²) in [6.07, 6.45) is 0.0447. The molecule has 0 radical (unpaired) electrons. The number of carbonyl (C=O) groups is 3. The van der Waals surface area contributed by atoms with Crippen molar-refractivity contribution in [2.24, 2.45) is 0 Å². The van der Waals surface area contributed by atoms with Gasteiger partial charge < -0.3 is 4.90 Å². The van der Waals surface area contributed by atoms with Crippen LogP contribution in [0.1, 0.15) is 30.5 Å². The fraction of sp³-hybridized carbons (Fsp3) is 0.192. The van der Waals surface area contributed by atoms with E-state index in [9.17, 15) is 14.4 Å². The molecule has 168 valence electrons. The Hall–Kier alpha value is -2.96. The lowest BCUT2D eigenvalue weighted by atomic mass is 10.0. The molecule has 33 heavy (non-hydrogen) atoms. The molecule has 3 amide bonds. The van der Waals surface area contributed by atoms with Crippen molar-refractivity contribution in [1.82, 2.24) is 4.90 Å². The minimum Gasteiger partial charge on any atom is -0.323 e. The molecule has 1 aliphatic heterocycles. The fourth-order valence-electron chi connectivity index (χ4n) is 4.11. The maximum absolute atomic E-state index is 13.5. The number of nitrogens with zero attached hydrogens (tertiary/aromatic N) is 2. The second-order valence-electron chi connectivity index (χ2n) is 7.95. The van der Waals surface area contributed by atoms with E-state index in [1.165, 1.54) is 4.90 Å². The van der Waals surface area contributed by atoms with Crippen molar-refractivity contribution >= 4 is 50.9 Å². The predicted octanol–water partition coefficient (Wildman–Crippen LogP) is 5.57. The van der Waals surface area contributed by atoms with E-state index in [0.29, 0.717) is 10.7 Å². The molecule has 7 heteroatoms. The Balaban J connectivity index is 1.67. The number of hydrogen-bond donors (Lipinski definition) is 0. The van der Waals surface area contributed by atoms with Gasteiger partial charge in [-0.3, -0.25) is 14.4 Å². The Morgan fingerprint density at radius 1 is 1.03 bits per heavy atom. The molecule has 0 saturated carbocycles. The third-order valence-electron chi connectivity index (χ3n) is 5.80. The van der Waals surface area contributed by atoms with Crippen LogP contribution in [0.15, 0.2) is 83.3 Å². The standard InChI is InChI=1S/C26H22BrClN2O3/c1-17(19-5-3-2-4-6-19)29(24(31)15-18-7-11-21(28)12-8-18)23-16-25(32)30(26(23)33)22-13-9-20(27)10-14-22/h2-14,17,23H,15-16H2,1H3. The molecular formula is C26H22BrClN2O3. The fourth-order valence-corrected chi connectivity index (χ4v) is 4.51. The van der Waals surface area contributed by atoms with Gasteiger partial charge in [0.1, 0.15) is 6.04 Å². The van der Waals surface area contributed by atoms with Crippen LogP contribution in [0.5, 0.6) is 0 Å². The summed E-state index contributed by atoms with van der Waals surface area (Å²) in [5, 5.41) is 0.586. The third kappa shape index (κ3) is 5.02. The molecule has 5 nitrogen and oxygen atoms in total. The molecule has 0 spiro atoms. The predicted molar refractivity (Wildman–Crippen MR) is 132 cm³/mol. The summed E-state index contributed by atoms with van der Waals surface area (Å²) in [4.78, 5) is 42.6. The number of anilines is 1. The number of imide groups is 1. The Labute approximate surface area is 206 Å². The van der Waals surface area contributed by atoms with Gasteiger partial charge in [0.2, 0.25) is 11.8 Å². The van der Waals surface area contributed by atoms with E-state index in [0.717, 1.165) is 15.6 Å². The number of hydrogen-bond acceptors (Lipinski definition) is 3. The Morgan fingerprint density at radius 2 is 1.67 bits per heavy atom. The van der Waals surface area contributed by atoms with E-state index in [-0.39, 0.29) is 24.7 Å². The number of amides is 3. The van der Waals surface area contributed by atoms with E-state index >= 15 is 0 Å². The molecule has 2 unspecified atom stereocenters. The maximum Gasteiger partial charge on any atom is 0.257 e. The van der Waals surface area contributed by atoms with Crippen LogP contribution in [0.4, 0.5) is 5.69 Å². The first kappa shape index (κ1) is 23.2. The molecule has 3 aromatic rings. The maximum atomic E-state index is 13.5. The van der Waals surface area contributed by atoms with Crippen molar-refractivity contribution in [2.75, 3.05) is 4.90 Å². The minimum absolute atomic E-state index is 0.0571. The van der Waals surface area contributed by atoms with E-state index in [4.69, 9.17) is 11.6 Å². The van der Waals surface area contributed by atoms with Crippen LogP contribution in [0.25, 0.3) is 0 Å². The van der Waals surface area contributed by atoms with Gasteiger partial charge in [-0.15, -0.1) is 0 Å². The molecular weight excluding hydrogens is 504 g/mol. The summed E-state index contributed by atoms with van der Waals surface area (Å²) in [5.74, 6) is -0.941. The van der Waals surface area contributed by atoms with Gasteiger partial charge in [0.25, 0.3) is 5.91 Å². The lowest BCUT2D eigenvalue weighted by Gasteiger charge is -2.34. The van der Waals surface area contributed by atoms with E-state index in [1.807, 2.05) is 37.3 Å². The topological polar surface area (TPSA) is 57.7 Å². The average molecular weight is 526 g/mol. The van der Waals surface area contributed by atoms with Crippen LogP contribution in [0, 0.1) is 0 Å². The summed E-state index contributed by atoms with van der Waals surface area (Å²) in [7, 11) is 0. The van der Waals surface area contributed by atoms with Crippen molar-refractivity contribution in [3.05, 3.63) is 99.5 Å². The Bertz CT molecular complexity index is 1170. The van der Waals surface area contributed by atoms with E-state index < -0.39 is 18.0 Å². The third-order valence-corrected chi connectivity index (χ3v) is 6.58. The zero-order valence-electron chi connectivity index (χ0n) is 17.9. The van der Waals surface area contributed by atoms with Gasteiger partial charge in [0, 0.05) is 9.50 Å². The highest BCUT2D eigenvalue weighted by Gasteiger charge is 2.45. The largest absolute Gasteiger partial charge is 0.323 e. The first-order chi connectivity index (χ1) is 15.8. The van der Waals surface area contributed by atoms with Gasteiger partial charge in [-0.25, -0.2) is 4.90 Å². The van der Waals surface area contributed by atoms with Crippen LogP contribution < -0.4 is 4.90 Å². The summed E-state index contributed by atoms with van der Waals surface area (Å²) < 4.78 is 0.847. The Morgan fingerprint density at radius 3 is 2.30 bits per heavy atom. The van der Waals surface area contributed by atoms with Gasteiger partial charge in [0.15, 0.2) is 0 Å². The van der Waals surface area contributed by atoms with Gasteiger partial charge in [-0.1, -0.05) is 70.0 Å². The molecule has 1 fully saturated rings. The quantitative estimate of drug-likeness (QED) is 0.396. The molecule has 1 saturated heterocycles. The van der Waals surface area contributed by atoms with E-state index in [1.54, 1.807) is 53.4 Å². The second-order valence-corrected chi connectivity index (χ2v) is 9.31. The number of rotatable bonds is 6. The van der Waals surface area contributed by atoms with Crippen molar-refractivity contribution in [3.63, 3.8) is 0 Å². The van der Waals surface area contributed by atoms with Crippen molar-refractivity contribution in [1.29, 1.82) is 0 Å². The SMILES string of the molecule is CC(c1ccccc1)N(C(=O)Cc1ccc(Cl)cc1)C1CC(=O)N(c2ccc(Br)cc2)C1=O. The molecule has 0 N–H and O–H groups in total. The minimum atomic E-state index is -0.879. The van der Waals surface area contributed by atoms with Crippen LogP contribution >= 0.6 is 27.5 Å². The van der Waals surface area contributed by atoms with Gasteiger partial charge >= 0.3 is 0 Å². The average Bonchev–Trinajstić information content (AvgIpc) is 3.10. The molecule has 4 rings (SSSR count). The van der Waals surface area contributed by atoms with Crippen molar-refractivity contribution in [3.8, 4) is 0 Å². The number of carbonyl (C=O) groups excluding carboxylic acids is 3. The molecule has 2 atom stereocenters. The zero-order chi connectivity index (χ0) is 23.5. The molecule has 0 aliphatic carbocycles. The first-order valence-corrected chi connectivity index (χ1v) is 11.7. The summed E-state index contributed by atoms with van der Waals surface area (Å²) in [6.45, 7) is 1.88. The monoisotopic (exact) mass is 524 g/mol. The van der Waals surface area contributed by atoms with Gasteiger partial charge in [-0.05, 0) is 54.4 Å². The normalized spacial score (nSPS) is 16.7. The number of benzene rings is 3. The first-order valence-electron chi connectivity index (χ1n) is 10.6. The molecule has 0 aromatic heterocycles. The molecule has 1 heterocycles. The zero-order valence-corrected chi connectivity index (χ0v) is 20.3. The van der Waals surface area contributed by atoms with Crippen LogP contribution in [-0.4, -0.2) is 28.7 Å². The van der Waals surface area contributed by atoms with Gasteiger partial charge in [-0.2, -0.15) is 0 Å².